The fourth-order valence-electron chi connectivity index (χ4n) is 1.82. The molecule has 0 fully saturated rings. The molecule has 0 aliphatic rings. The Hall–Kier alpha value is -1.33. The minimum absolute atomic E-state index is 0.0270. The molecule has 4 nitrogen and oxygen atoms in total. The quantitative estimate of drug-likeness (QED) is 0.859. The number of benzene rings is 1. The van der Waals surface area contributed by atoms with Gasteiger partial charge in [0.05, 0.1) is 0 Å². The van der Waals surface area contributed by atoms with Gasteiger partial charge in [0, 0.05) is 18.7 Å². The van der Waals surface area contributed by atoms with Crippen LogP contribution in [0.1, 0.15) is 28.6 Å². The van der Waals surface area contributed by atoms with E-state index in [2.05, 4.69) is 42.2 Å². The van der Waals surface area contributed by atoms with Gasteiger partial charge < -0.3 is 10.2 Å². The summed E-state index contributed by atoms with van der Waals surface area (Å²) >= 11 is 1.49. The molecule has 2 aromatic rings. The Morgan fingerprint density at radius 3 is 2.39 bits per heavy atom. The number of rotatable bonds is 4. The first kappa shape index (κ1) is 13.1. The highest BCUT2D eigenvalue weighted by Gasteiger charge is 2.10. The average Bonchev–Trinajstić information content (AvgIpc) is 2.70. The lowest BCUT2D eigenvalue weighted by Gasteiger charge is -2.12. The van der Waals surface area contributed by atoms with Crippen molar-refractivity contribution in [1.82, 2.24) is 10.2 Å². The predicted molar refractivity (Wildman–Crippen MR) is 72.6 cm³/mol. The van der Waals surface area contributed by atoms with Gasteiger partial charge in [-0.05, 0) is 19.4 Å². The first-order chi connectivity index (χ1) is 8.54. The molecular weight excluding hydrogens is 246 g/mol. The Morgan fingerprint density at radius 1 is 1.17 bits per heavy atom. The Bertz CT molecular complexity index is 519. The predicted octanol–water partition coefficient (Wildman–Crippen LogP) is 2.79. The molecule has 0 aliphatic heterocycles. The van der Waals surface area contributed by atoms with Gasteiger partial charge >= 0.3 is 0 Å². The maximum atomic E-state index is 6.18. The summed E-state index contributed by atoms with van der Waals surface area (Å²) in [7, 11) is 0. The first-order valence-corrected chi connectivity index (χ1v) is 6.80. The molecule has 0 aliphatic carbocycles. The van der Waals surface area contributed by atoms with E-state index in [1.54, 1.807) is 6.92 Å². The monoisotopic (exact) mass is 263 g/mol. The molecule has 2 rings (SSSR count). The van der Waals surface area contributed by atoms with Gasteiger partial charge in [-0.3, -0.25) is 0 Å². The van der Waals surface area contributed by atoms with E-state index >= 15 is 0 Å². The van der Waals surface area contributed by atoms with E-state index in [0.717, 1.165) is 11.3 Å². The van der Waals surface area contributed by atoms with Crippen molar-refractivity contribution in [1.29, 1.82) is 0 Å². The van der Waals surface area contributed by atoms with Gasteiger partial charge in [-0.15, -0.1) is 10.2 Å². The molecule has 0 amide bonds. The van der Waals surface area contributed by atoms with Crippen molar-refractivity contribution in [3.8, 4) is 0 Å². The Labute approximate surface area is 111 Å². The van der Waals surface area contributed by atoms with Crippen LogP contribution in [0.25, 0.3) is 0 Å². The molecule has 0 saturated carbocycles. The summed E-state index contributed by atoms with van der Waals surface area (Å²) in [5.41, 5.74) is 9.80. The summed E-state index contributed by atoms with van der Waals surface area (Å²) < 4.78 is 5.30. The molecule has 1 aromatic heterocycles. The standard InChI is InChI=1S/C13H17N3OS/c1-8-4-9(2)6-11(5-8)12(14)7-18-13-16-15-10(3)17-13/h4-6,12H,7,14H2,1-3H3. The molecule has 1 unspecified atom stereocenters. The van der Waals surface area contributed by atoms with Crippen LogP contribution in [-0.2, 0) is 0 Å². The maximum absolute atomic E-state index is 6.18. The van der Waals surface area contributed by atoms with Crippen molar-refractivity contribution in [2.75, 3.05) is 5.75 Å². The highest BCUT2D eigenvalue weighted by atomic mass is 32.2. The average molecular weight is 263 g/mol. The van der Waals surface area contributed by atoms with Crippen molar-refractivity contribution >= 4 is 11.8 Å². The summed E-state index contributed by atoms with van der Waals surface area (Å²) in [6, 6.07) is 6.36. The molecule has 2 N–H and O–H groups in total. The van der Waals surface area contributed by atoms with E-state index in [0.29, 0.717) is 11.1 Å². The van der Waals surface area contributed by atoms with Crippen LogP contribution in [0.15, 0.2) is 27.8 Å². The van der Waals surface area contributed by atoms with Gasteiger partial charge in [-0.25, -0.2) is 0 Å². The highest BCUT2D eigenvalue weighted by molar-refractivity contribution is 7.99. The second-order valence-electron chi connectivity index (χ2n) is 4.43. The van der Waals surface area contributed by atoms with Gasteiger partial charge in [0.1, 0.15) is 0 Å². The van der Waals surface area contributed by atoms with Crippen LogP contribution in [0.5, 0.6) is 0 Å². The molecular formula is C13H17N3OS. The molecule has 0 saturated heterocycles. The highest BCUT2D eigenvalue weighted by Crippen LogP contribution is 2.23. The van der Waals surface area contributed by atoms with Gasteiger partial charge in [0.25, 0.3) is 5.22 Å². The zero-order valence-corrected chi connectivity index (χ0v) is 11.6. The molecule has 1 atom stereocenters. The number of hydrogen-bond donors (Lipinski definition) is 1. The third-order valence-corrected chi connectivity index (χ3v) is 3.50. The molecule has 5 heteroatoms. The van der Waals surface area contributed by atoms with Crippen LogP contribution in [0.3, 0.4) is 0 Å². The van der Waals surface area contributed by atoms with Crippen LogP contribution < -0.4 is 5.73 Å². The number of aryl methyl sites for hydroxylation is 3. The van der Waals surface area contributed by atoms with E-state index < -0.39 is 0 Å². The summed E-state index contributed by atoms with van der Waals surface area (Å²) in [6.45, 7) is 5.94. The SMILES string of the molecule is Cc1cc(C)cc(C(N)CSc2nnc(C)o2)c1. The number of hydrogen-bond acceptors (Lipinski definition) is 5. The smallest absolute Gasteiger partial charge is 0.276 e. The second-order valence-corrected chi connectivity index (χ2v) is 5.40. The third kappa shape index (κ3) is 3.34. The van der Waals surface area contributed by atoms with Crippen molar-refractivity contribution in [2.45, 2.75) is 32.0 Å². The van der Waals surface area contributed by atoms with Crippen LogP contribution in [-0.4, -0.2) is 16.0 Å². The Balaban J connectivity index is 2.01. The van der Waals surface area contributed by atoms with Gasteiger partial charge in [0.15, 0.2) is 0 Å². The summed E-state index contributed by atoms with van der Waals surface area (Å²) in [5, 5.41) is 8.30. The van der Waals surface area contributed by atoms with Crippen LogP contribution in [0.2, 0.25) is 0 Å². The van der Waals surface area contributed by atoms with E-state index in [1.165, 1.54) is 22.9 Å². The third-order valence-electron chi connectivity index (χ3n) is 2.57. The molecule has 0 spiro atoms. The molecule has 0 radical (unpaired) electrons. The summed E-state index contributed by atoms with van der Waals surface area (Å²) in [4.78, 5) is 0. The normalized spacial score (nSPS) is 12.7. The minimum Gasteiger partial charge on any atom is -0.416 e. The summed E-state index contributed by atoms with van der Waals surface area (Å²) in [6.07, 6.45) is 0. The van der Waals surface area contributed by atoms with Crippen LogP contribution in [0.4, 0.5) is 0 Å². The molecule has 0 bridgehead atoms. The Morgan fingerprint density at radius 2 is 1.83 bits per heavy atom. The van der Waals surface area contributed by atoms with Gasteiger partial charge in [0.2, 0.25) is 5.89 Å². The second kappa shape index (κ2) is 5.54. The van der Waals surface area contributed by atoms with Crippen LogP contribution >= 0.6 is 11.8 Å². The van der Waals surface area contributed by atoms with Crippen molar-refractivity contribution < 1.29 is 4.42 Å². The number of nitrogens with zero attached hydrogens (tertiary/aromatic N) is 2. The van der Waals surface area contributed by atoms with Crippen LogP contribution in [0, 0.1) is 20.8 Å². The first-order valence-electron chi connectivity index (χ1n) is 5.81. The Kier molecular flexibility index (Phi) is 4.04. The maximum Gasteiger partial charge on any atom is 0.276 e. The number of aromatic nitrogens is 2. The van der Waals surface area contributed by atoms with Gasteiger partial charge in [-0.1, -0.05) is 41.1 Å². The van der Waals surface area contributed by atoms with Crippen molar-refractivity contribution in [2.24, 2.45) is 5.73 Å². The lowest BCUT2D eigenvalue weighted by molar-refractivity contribution is 0.429. The molecule has 1 heterocycles. The van der Waals surface area contributed by atoms with E-state index in [9.17, 15) is 0 Å². The topological polar surface area (TPSA) is 64.9 Å². The lowest BCUT2D eigenvalue weighted by atomic mass is 10.0. The lowest BCUT2D eigenvalue weighted by Crippen LogP contribution is -2.13. The van der Waals surface area contributed by atoms with E-state index in [-0.39, 0.29) is 6.04 Å². The van der Waals surface area contributed by atoms with E-state index in [4.69, 9.17) is 10.2 Å². The van der Waals surface area contributed by atoms with E-state index in [1.807, 2.05) is 0 Å². The molecule has 18 heavy (non-hydrogen) atoms. The molecule has 1 aromatic carbocycles. The van der Waals surface area contributed by atoms with Gasteiger partial charge in [-0.2, -0.15) is 0 Å². The van der Waals surface area contributed by atoms with Crippen molar-refractivity contribution in [3.63, 3.8) is 0 Å². The summed E-state index contributed by atoms with van der Waals surface area (Å²) in [5.74, 6) is 1.31. The number of nitrogens with two attached hydrogens (primary N) is 1. The minimum atomic E-state index is -0.0270. The van der Waals surface area contributed by atoms with Crippen molar-refractivity contribution in [3.05, 3.63) is 40.8 Å². The number of thioether (sulfide) groups is 1. The fraction of sp³-hybridized carbons (Fsp3) is 0.385. The molecule has 96 valence electrons. The zero-order valence-electron chi connectivity index (χ0n) is 10.8. The zero-order chi connectivity index (χ0) is 13.1. The largest absolute Gasteiger partial charge is 0.416 e. The fourth-order valence-corrected chi connectivity index (χ4v) is 2.61.